The lowest BCUT2D eigenvalue weighted by atomic mass is 10.3. The third-order valence-electron chi connectivity index (χ3n) is 2.39. The highest BCUT2D eigenvalue weighted by molar-refractivity contribution is 14.0. The third-order valence-corrected chi connectivity index (χ3v) is 2.39. The van der Waals surface area contributed by atoms with Crippen LogP contribution in [0.3, 0.4) is 0 Å². The fraction of sp³-hybridized carbons (Fsp3) is 0.727. The van der Waals surface area contributed by atoms with E-state index in [-0.39, 0.29) is 24.0 Å². The molecule has 6 heteroatoms. The van der Waals surface area contributed by atoms with E-state index in [1.807, 2.05) is 0 Å². The summed E-state index contributed by atoms with van der Waals surface area (Å²) in [7, 11) is 0. The van der Waals surface area contributed by atoms with Crippen molar-refractivity contribution in [2.75, 3.05) is 45.9 Å². The fourth-order valence-corrected chi connectivity index (χ4v) is 1.52. The van der Waals surface area contributed by atoms with E-state index in [0.29, 0.717) is 12.5 Å². The van der Waals surface area contributed by atoms with Gasteiger partial charge in [0.25, 0.3) is 0 Å². The van der Waals surface area contributed by atoms with Crippen molar-refractivity contribution in [2.45, 2.75) is 6.42 Å². The zero-order valence-electron chi connectivity index (χ0n) is 10.0. The molecule has 3 N–H and O–H groups in total. The number of hydrogen-bond donors (Lipinski definition) is 2. The maximum Gasteiger partial charge on any atom is 0.189 e. The Kier molecular flexibility index (Phi) is 10.3. The molecule has 0 unspecified atom stereocenters. The predicted molar refractivity (Wildman–Crippen MR) is 80.6 cm³/mol. The summed E-state index contributed by atoms with van der Waals surface area (Å²) in [4.78, 5) is 6.55. The number of terminal acetylenes is 1. The molecule has 17 heavy (non-hydrogen) atoms. The van der Waals surface area contributed by atoms with Crippen LogP contribution < -0.4 is 11.1 Å². The first-order valence-electron chi connectivity index (χ1n) is 5.60. The third kappa shape index (κ3) is 8.24. The monoisotopic (exact) mass is 352 g/mol. The van der Waals surface area contributed by atoms with Crippen molar-refractivity contribution < 1.29 is 4.74 Å². The summed E-state index contributed by atoms with van der Waals surface area (Å²) >= 11 is 0. The number of morpholine rings is 1. The Morgan fingerprint density at radius 2 is 2.18 bits per heavy atom. The summed E-state index contributed by atoms with van der Waals surface area (Å²) in [6, 6.07) is 0. The van der Waals surface area contributed by atoms with Gasteiger partial charge in [0, 0.05) is 26.2 Å². The van der Waals surface area contributed by atoms with Gasteiger partial charge in [0.1, 0.15) is 0 Å². The van der Waals surface area contributed by atoms with Crippen LogP contribution in [0.5, 0.6) is 0 Å². The number of hydrogen-bond acceptors (Lipinski definition) is 3. The van der Waals surface area contributed by atoms with Gasteiger partial charge >= 0.3 is 0 Å². The maximum absolute atomic E-state index is 5.59. The van der Waals surface area contributed by atoms with Gasteiger partial charge in [-0.1, -0.05) is 5.92 Å². The van der Waals surface area contributed by atoms with Crippen molar-refractivity contribution in [1.82, 2.24) is 10.2 Å². The van der Waals surface area contributed by atoms with Crippen molar-refractivity contribution in [2.24, 2.45) is 10.7 Å². The molecule has 0 spiro atoms. The standard InChI is InChI=1S/C11H20N4O.HI/c1-2-4-13-11(12)14-5-3-6-15-7-9-16-10-8-15;/h1H,3-10H2,(H3,12,13,14);1H. The molecular formula is C11H21IN4O. The molecular weight excluding hydrogens is 331 g/mol. The number of nitrogens with two attached hydrogens (primary N) is 1. The number of nitrogens with one attached hydrogen (secondary N) is 1. The van der Waals surface area contributed by atoms with Gasteiger partial charge in [-0.3, -0.25) is 9.89 Å². The van der Waals surface area contributed by atoms with Crippen LogP contribution in [-0.2, 0) is 4.74 Å². The minimum absolute atomic E-state index is 0. The molecule has 1 saturated heterocycles. The van der Waals surface area contributed by atoms with Crippen LogP contribution in [0.2, 0.25) is 0 Å². The van der Waals surface area contributed by atoms with E-state index >= 15 is 0 Å². The van der Waals surface area contributed by atoms with Crippen LogP contribution in [0.15, 0.2) is 4.99 Å². The summed E-state index contributed by atoms with van der Waals surface area (Å²) in [6.07, 6.45) is 6.10. The Bertz CT molecular complexity index is 259. The molecule has 0 saturated carbocycles. The van der Waals surface area contributed by atoms with Crippen LogP contribution in [0.4, 0.5) is 0 Å². The van der Waals surface area contributed by atoms with Gasteiger partial charge in [-0.2, -0.15) is 0 Å². The summed E-state index contributed by atoms with van der Waals surface area (Å²) < 4.78 is 5.27. The second-order valence-electron chi connectivity index (χ2n) is 3.63. The van der Waals surface area contributed by atoms with Crippen molar-refractivity contribution in [3.8, 4) is 12.3 Å². The Labute approximate surface area is 120 Å². The molecule has 0 amide bonds. The molecule has 0 aromatic heterocycles. The minimum atomic E-state index is 0. The van der Waals surface area contributed by atoms with E-state index in [0.717, 1.165) is 45.8 Å². The van der Waals surface area contributed by atoms with E-state index in [1.54, 1.807) is 0 Å². The summed E-state index contributed by atoms with van der Waals surface area (Å²) in [5.74, 6) is 2.88. The quantitative estimate of drug-likeness (QED) is 0.238. The summed E-state index contributed by atoms with van der Waals surface area (Å²) in [5, 5.41) is 2.83. The molecule has 0 radical (unpaired) electrons. The first-order chi connectivity index (χ1) is 7.83. The number of guanidine groups is 1. The average molecular weight is 352 g/mol. The lowest BCUT2D eigenvalue weighted by molar-refractivity contribution is 0.0377. The molecule has 0 aromatic rings. The topological polar surface area (TPSA) is 62.9 Å². The van der Waals surface area contributed by atoms with Gasteiger partial charge in [0.15, 0.2) is 5.96 Å². The second kappa shape index (κ2) is 10.6. The highest BCUT2D eigenvalue weighted by Gasteiger charge is 2.08. The molecule has 0 bridgehead atoms. The highest BCUT2D eigenvalue weighted by Crippen LogP contribution is 1.97. The van der Waals surface area contributed by atoms with Crippen molar-refractivity contribution in [3.63, 3.8) is 0 Å². The minimum Gasteiger partial charge on any atom is -0.379 e. The Hall–Kier alpha value is -0.520. The molecule has 0 atom stereocenters. The smallest absolute Gasteiger partial charge is 0.189 e. The second-order valence-corrected chi connectivity index (χ2v) is 3.63. The van der Waals surface area contributed by atoms with Gasteiger partial charge in [0.05, 0.1) is 19.8 Å². The van der Waals surface area contributed by atoms with Gasteiger partial charge in [-0.05, 0) is 6.42 Å². The first-order valence-corrected chi connectivity index (χ1v) is 5.60. The van der Waals surface area contributed by atoms with Gasteiger partial charge in [0.2, 0.25) is 0 Å². The molecule has 1 fully saturated rings. The van der Waals surface area contributed by atoms with Crippen molar-refractivity contribution in [1.29, 1.82) is 0 Å². The zero-order chi connectivity index (χ0) is 11.6. The van der Waals surface area contributed by atoms with Gasteiger partial charge in [-0.25, -0.2) is 0 Å². The number of aliphatic imine (C=N–C) groups is 1. The Morgan fingerprint density at radius 3 is 2.82 bits per heavy atom. The molecule has 1 rings (SSSR count). The largest absolute Gasteiger partial charge is 0.379 e. The molecule has 0 aliphatic carbocycles. The molecule has 1 aliphatic rings. The van der Waals surface area contributed by atoms with E-state index in [2.05, 4.69) is 21.1 Å². The lowest BCUT2D eigenvalue weighted by Gasteiger charge is -2.26. The molecule has 5 nitrogen and oxygen atoms in total. The number of nitrogens with zero attached hydrogens (tertiary/aromatic N) is 2. The molecule has 1 heterocycles. The predicted octanol–water partition coefficient (Wildman–Crippen LogP) is -0.136. The van der Waals surface area contributed by atoms with Crippen LogP contribution in [-0.4, -0.2) is 56.8 Å². The Morgan fingerprint density at radius 1 is 1.47 bits per heavy atom. The number of rotatable bonds is 5. The summed E-state index contributed by atoms with van der Waals surface area (Å²) in [6.45, 7) is 5.95. The number of halogens is 1. The Balaban J connectivity index is 0.00000256. The van der Waals surface area contributed by atoms with Crippen LogP contribution in [0, 0.1) is 12.3 Å². The number of ether oxygens (including phenoxy) is 1. The van der Waals surface area contributed by atoms with Crippen LogP contribution >= 0.6 is 24.0 Å². The maximum atomic E-state index is 5.59. The highest BCUT2D eigenvalue weighted by atomic mass is 127. The zero-order valence-corrected chi connectivity index (χ0v) is 12.4. The first kappa shape index (κ1) is 16.5. The summed E-state index contributed by atoms with van der Waals surface area (Å²) in [5.41, 5.74) is 5.59. The fourth-order valence-electron chi connectivity index (χ4n) is 1.52. The van der Waals surface area contributed by atoms with E-state index in [9.17, 15) is 0 Å². The van der Waals surface area contributed by atoms with E-state index in [1.165, 1.54) is 0 Å². The SMILES string of the molecule is C#CCNC(N)=NCCCN1CCOCC1.I. The molecule has 1 aliphatic heterocycles. The van der Waals surface area contributed by atoms with Crippen LogP contribution in [0.25, 0.3) is 0 Å². The van der Waals surface area contributed by atoms with Gasteiger partial charge < -0.3 is 15.8 Å². The van der Waals surface area contributed by atoms with E-state index in [4.69, 9.17) is 16.9 Å². The van der Waals surface area contributed by atoms with Crippen molar-refractivity contribution >= 4 is 29.9 Å². The molecule has 0 aromatic carbocycles. The lowest BCUT2D eigenvalue weighted by Crippen LogP contribution is -2.37. The van der Waals surface area contributed by atoms with Crippen LogP contribution in [0.1, 0.15) is 6.42 Å². The normalized spacial score (nSPS) is 17.0. The average Bonchev–Trinajstić information content (AvgIpc) is 2.33. The molecule has 98 valence electrons. The van der Waals surface area contributed by atoms with E-state index < -0.39 is 0 Å². The van der Waals surface area contributed by atoms with Gasteiger partial charge in [-0.15, -0.1) is 30.4 Å². The van der Waals surface area contributed by atoms with Crippen molar-refractivity contribution in [3.05, 3.63) is 0 Å².